The Labute approximate surface area is 108 Å². The first-order valence-electron chi connectivity index (χ1n) is 6.44. The molecule has 96 valence electrons. The molecule has 3 heteroatoms. The van der Waals surface area contributed by atoms with E-state index in [1.54, 1.807) is 0 Å². The number of aromatic amines is 1. The molecule has 0 saturated heterocycles. The van der Waals surface area contributed by atoms with Crippen LogP contribution in [0.25, 0.3) is 11.3 Å². The standard InChI is InChI=1S/C15H21N3/c1-4-8-15(3,16)14-17-10-13(18-14)12-7-5-6-11(2)9-12/h5-7,9-10H,4,8,16H2,1-3H3,(H,17,18). The first-order valence-corrected chi connectivity index (χ1v) is 6.44. The lowest BCUT2D eigenvalue weighted by Gasteiger charge is -2.21. The monoisotopic (exact) mass is 243 g/mol. The van der Waals surface area contributed by atoms with Gasteiger partial charge in [0.15, 0.2) is 0 Å². The number of rotatable bonds is 4. The molecule has 1 unspecified atom stereocenters. The van der Waals surface area contributed by atoms with Gasteiger partial charge in [-0.05, 0) is 31.9 Å². The molecule has 0 radical (unpaired) electrons. The first kappa shape index (κ1) is 12.8. The van der Waals surface area contributed by atoms with Crippen molar-refractivity contribution in [2.75, 3.05) is 0 Å². The van der Waals surface area contributed by atoms with Gasteiger partial charge < -0.3 is 10.7 Å². The number of nitrogens with one attached hydrogen (secondary N) is 1. The molecule has 1 aromatic carbocycles. The Hall–Kier alpha value is -1.61. The average molecular weight is 243 g/mol. The molecule has 2 aromatic rings. The minimum absolute atomic E-state index is 0.378. The summed E-state index contributed by atoms with van der Waals surface area (Å²) in [5.74, 6) is 0.862. The van der Waals surface area contributed by atoms with Crippen molar-refractivity contribution in [1.29, 1.82) is 0 Å². The number of H-pyrrole nitrogens is 1. The minimum Gasteiger partial charge on any atom is -0.340 e. The molecule has 0 aliphatic rings. The van der Waals surface area contributed by atoms with Crippen molar-refractivity contribution in [1.82, 2.24) is 9.97 Å². The van der Waals surface area contributed by atoms with Gasteiger partial charge in [0.1, 0.15) is 5.82 Å². The average Bonchev–Trinajstić information content (AvgIpc) is 2.78. The van der Waals surface area contributed by atoms with Crippen molar-refractivity contribution in [3.05, 3.63) is 41.9 Å². The predicted octanol–water partition coefficient (Wildman–Crippen LogP) is 3.36. The highest BCUT2D eigenvalue weighted by Gasteiger charge is 2.23. The van der Waals surface area contributed by atoms with Crippen LogP contribution in [0.5, 0.6) is 0 Å². The molecule has 18 heavy (non-hydrogen) atoms. The van der Waals surface area contributed by atoms with E-state index in [0.717, 1.165) is 29.9 Å². The lowest BCUT2D eigenvalue weighted by molar-refractivity contribution is 0.423. The summed E-state index contributed by atoms with van der Waals surface area (Å²) >= 11 is 0. The van der Waals surface area contributed by atoms with E-state index in [0.29, 0.717) is 0 Å². The second-order valence-corrected chi connectivity index (χ2v) is 5.18. The summed E-state index contributed by atoms with van der Waals surface area (Å²) in [4.78, 5) is 7.78. The third-order valence-corrected chi connectivity index (χ3v) is 3.22. The summed E-state index contributed by atoms with van der Waals surface area (Å²) in [7, 11) is 0. The first-order chi connectivity index (χ1) is 8.53. The molecule has 0 aliphatic heterocycles. The lowest BCUT2D eigenvalue weighted by Crippen LogP contribution is -2.34. The summed E-state index contributed by atoms with van der Waals surface area (Å²) in [6.45, 7) is 6.25. The fourth-order valence-electron chi connectivity index (χ4n) is 2.21. The van der Waals surface area contributed by atoms with Crippen LogP contribution in [0, 0.1) is 6.92 Å². The molecule has 0 fully saturated rings. The Morgan fingerprint density at radius 3 is 2.83 bits per heavy atom. The van der Waals surface area contributed by atoms with Gasteiger partial charge in [-0.15, -0.1) is 0 Å². The van der Waals surface area contributed by atoms with E-state index >= 15 is 0 Å². The van der Waals surface area contributed by atoms with Gasteiger partial charge in [-0.2, -0.15) is 0 Å². The molecule has 0 aliphatic carbocycles. The number of nitrogens with zero attached hydrogens (tertiary/aromatic N) is 1. The largest absolute Gasteiger partial charge is 0.340 e. The summed E-state index contributed by atoms with van der Waals surface area (Å²) < 4.78 is 0. The Morgan fingerprint density at radius 2 is 2.17 bits per heavy atom. The number of aromatic nitrogens is 2. The van der Waals surface area contributed by atoms with Crippen LogP contribution in [0.2, 0.25) is 0 Å². The number of benzene rings is 1. The maximum atomic E-state index is 6.28. The highest BCUT2D eigenvalue weighted by atomic mass is 15.0. The molecular formula is C15H21N3. The van der Waals surface area contributed by atoms with Crippen molar-refractivity contribution in [3.8, 4) is 11.3 Å². The molecule has 3 nitrogen and oxygen atoms in total. The van der Waals surface area contributed by atoms with E-state index in [1.807, 2.05) is 13.1 Å². The van der Waals surface area contributed by atoms with Gasteiger partial charge >= 0.3 is 0 Å². The molecule has 3 N–H and O–H groups in total. The molecule has 1 atom stereocenters. The van der Waals surface area contributed by atoms with Crippen molar-refractivity contribution in [2.45, 2.75) is 39.2 Å². The summed E-state index contributed by atoms with van der Waals surface area (Å²) in [6, 6.07) is 8.37. The van der Waals surface area contributed by atoms with E-state index in [-0.39, 0.29) is 5.54 Å². The van der Waals surface area contributed by atoms with Crippen LogP contribution in [0.3, 0.4) is 0 Å². The Morgan fingerprint density at radius 1 is 1.39 bits per heavy atom. The van der Waals surface area contributed by atoms with Crippen LogP contribution in [0.1, 0.15) is 38.1 Å². The minimum atomic E-state index is -0.378. The van der Waals surface area contributed by atoms with Gasteiger partial charge in [0.05, 0.1) is 17.4 Å². The zero-order valence-electron chi connectivity index (χ0n) is 11.3. The smallest absolute Gasteiger partial charge is 0.126 e. The van der Waals surface area contributed by atoms with E-state index < -0.39 is 0 Å². The fraction of sp³-hybridized carbons (Fsp3) is 0.400. The molecule has 0 bridgehead atoms. The quantitative estimate of drug-likeness (QED) is 0.865. The summed E-state index contributed by atoms with van der Waals surface area (Å²) in [6.07, 6.45) is 3.84. The second kappa shape index (κ2) is 4.94. The molecule has 1 heterocycles. The lowest BCUT2D eigenvalue weighted by atomic mass is 9.97. The molecule has 0 amide bonds. The maximum Gasteiger partial charge on any atom is 0.126 e. The van der Waals surface area contributed by atoms with Crippen LogP contribution < -0.4 is 5.73 Å². The van der Waals surface area contributed by atoms with Crippen LogP contribution in [0.4, 0.5) is 0 Å². The molecular weight excluding hydrogens is 222 g/mol. The third kappa shape index (κ3) is 2.62. The van der Waals surface area contributed by atoms with E-state index in [2.05, 4.69) is 48.1 Å². The molecule has 0 saturated carbocycles. The van der Waals surface area contributed by atoms with Gasteiger partial charge in [0, 0.05) is 0 Å². The normalized spacial score (nSPS) is 14.4. The third-order valence-electron chi connectivity index (χ3n) is 3.22. The summed E-state index contributed by atoms with van der Waals surface area (Å²) in [5.41, 5.74) is 9.32. The number of hydrogen-bond acceptors (Lipinski definition) is 2. The molecule has 1 aromatic heterocycles. The highest BCUT2D eigenvalue weighted by molar-refractivity contribution is 5.59. The number of aryl methyl sites for hydroxylation is 1. The van der Waals surface area contributed by atoms with Crippen LogP contribution in [-0.2, 0) is 5.54 Å². The second-order valence-electron chi connectivity index (χ2n) is 5.18. The molecule has 0 spiro atoms. The van der Waals surface area contributed by atoms with Crippen molar-refractivity contribution < 1.29 is 0 Å². The molecule has 2 rings (SSSR count). The SMILES string of the molecule is CCCC(C)(N)c1ncc(-c2cccc(C)c2)[nH]1. The van der Waals surface area contributed by atoms with Gasteiger partial charge in [-0.25, -0.2) is 4.98 Å². The number of nitrogens with two attached hydrogens (primary N) is 1. The van der Waals surface area contributed by atoms with Crippen LogP contribution >= 0.6 is 0 Å². The highest BCUT2D eigenvalue weighted by Crippen LogP contribution is 2.24. The van der Waals surface area contributed by atoms with Crippen molar-refractivity contribution in [3.63, 3.8) is 0 Å². The zero-order valence-corrected chi connectivity index (χ0v) is 11.3. The topological polar surface area (TPSA) is 54.7 Å². The zero-order chi connectivity index (χ0) is 13.2. The van der Waals surface area contributed by atoms with E-state index in [4.69, 9.17) is 5.73 Å². The maximum absolute atomic E-state index is 6.28. The Bertz CT molecular complexity index is 526. The van der Waals surface area contributed by atoms with Crippen LogP contribution in [-0.4, -0.2) is 9.97 Å². The Kier molecular flexibility index (Phi) is 3.53. The predicted molar refractivity (Wildman–Crippen MR) is 75.2 cm³/mol. The van der Waals surface area contributed by atoms with Gasteiger partial charge in [0.2, 0.25) is 0 Å². The van der Waals surface area contributed by atoms with Crippen LogP contribution in [0.15, 0.2) is 30.5 Å². The number of hydrogen-bond donors (Lipinski definition) is 2. The van der Waals surface area contributed by atoms with Gasteiger partial charge in [-0.1, -0.05) is 37.1 Å². The summed E-state index contributed by atoms with van der Waals surface area (Å²) in [5, 5.41) is 0. The van der Waals surface area contributed by atoms with Crippen molar-refractivity contribution in [2.24, 2.45) is 5.73 Å². The van der Waals surface area contributed by atoms with Gasteiger partial charge in [0.25, 0.3) is 0 Å². The van der Waals surface area contributed by atoms with Gasteiger partial charge in [-0.3, -0.25) is 0 Å². The number of imidazole rings is 1. The van der Waals surface area contributed by atoms with Crippen molar-refractivity contribution >= 4 is 0 Å². The fourth-order valence-corrected chi connectivity index (χ4v) is 2.21. The van der Waals surface area contributed by atoms with E-state index in [1.165, 1.54) is 5.56 Å². The van der Waals surface area contributed by atoms with E-state index in [9.17, 15) is 0 Å². The Balaban J connectivity index is 2.31.